The minimum atomic E-state index is 0.303. The van der Waals surface area contributed by atoms with E-state index in [2.05, 4.69) is 37.4 Å². The van der Waals surface area contributed by atoms with Crippen molar-refractivity contribution < 1.29 is 4.74 Å². The van der Waals surface area contributed by atoms with E-state index in [4.69, 9.17) is 4.74 Å². The van der Waals surface area contributed by atoms with Gasteiger partial charge in [-0.25, -0.2) is 0 Å². The van der Waals surface area contributed by atoms with Crippen LogP contribution in [-0.4, -0.2) is 13.2 Å². The van der Waals surface area contributed by atoms with Crippen LogP contribution < -0.4 is 10.1 Å². The largest absolute Gasteiger partial charge is 0.488 e. The number of ether oxygens (including phenoxy) is 1. The first kappa shape index (κ1) is 12.4. The lowest BCUT2D eigenvalue weighted by molar-refractivity contribution is 0.182. The van der Waals surface area contributed by atoms with Crippen molar-refractivity contribution in [1.29, 1.82) is 0 Å². The van der Waals surface area contributed by atoms with Gasteiger partial charge in [0.1, 0.15) is 11.9 Å². The normalized spacial score (nSPS) is 22.3. The molecule has 2 nitrogen and oxygen atoms in total. The Hall–Kier alpha value is -1.02. The monoisotopic (exact) mass is 233 g/mol. The molecule has 1 N–H and O–H groups in total. The number of nitrogens with one attached hydrogen (secondary N) is 1. The van der Waals surface area contributed by atoms with Gasteiger partial charge in [0.15, 0.2) is 0 Å². The minimum absolute atomic E-state index is 0.303. The summed E-state index contributed by atoms with van der Waals surface area (Å²) in [5.41, 5.74) is 2.77. The van der Waals surface area contributed by atoms with Crippen LogP contribution in [0.15, 0.2) is 18.2 Å². The maximum atomic E-state index is 6.02. The molecule has 1 aliphatic rings. The smallest absolute Gasteiger partial charge is 0.124 e. The first-order valence-electron chi connectivity index (χ1n) is 6.76. The second-order valence-corrected chi connectivity index (χ2v) is 4.83. The molecule has 2 rings (SSSR count). The summed E-state index contributed by atoms with van der Waals surface area (Å²) in [5, 5.41) is 3.40. The molecule has 0 fully saturated rings. The van der Waals surface area contributed by atoms with Gasteiger partial charge in [-0.1, -0.05) is 38.8 Å². The molecule has 0 spiro atoms. The zero-order valence-electron chi connectivity index (χ0n) is 11.1. The quantitative estimate of drug-likeness (QED) is 0.841. The fourth-order valence-corrected chi connectivity index (χ4v) is 2.68. The Balaban J connectivity index is 2.24. The Kier molecular flexibility index (Phi) is 4.06. The first-order valence-corrected chi connectivity index (χ1v) is 6.76. The third-order valence-electron chi connectivity index (χ3n) is 3.48. The van der Waals surface area contributed by atoms with E-state index in [1.807, 2.05) is 7.05 Å². The number of rotatable bonds is 5. The predicted molar refractivity (Wildman–Crippen MR) is 71.6 cm³/mol. The van der Waals surface area contributed by atoms with Gasteiger partial charge >= 0.3 is 0 Å². The highest BCUT2D eigenvalue weighted by molar-refractivity contribution is 5.43. The van der Waals surface area contributed by atoms with E-state index in [9.17, 15) is 0 Å². The van der Waals surface area contributed by atoms with Gasteiger partial charge in [0.25, 0.3) is 0 Å². The highest BCUT2D eigenvalue weighted by Gasteiger charge is 2.32. The van der Waals surface area contributed by atoms with E-state index in [-0.39, 0.29) is 0 Å². The topological polar surface area (TPSA) is 21.3 Å². The molecule has 94 valence electrons. The third kappa shape index (κ3) is 2.47. The second kappa shape index (κ2) is 5.54. The lowest BCUT2D eigenvalue weighted by atomic mass is 9.98. The van der Waals surface area contributed by atoms with Crippen LogP contribution in [0.3, 0.4) is 0 Å². The highest BCUT2D eigenvalue weighted by atomic mass is 16.5. The van der Waals surface area contributed by atoms with Crippen LogP contribution in [0.1, 0.15) is 50.3 Å². The third-order valence-corrected chi connectivity index (χ3v) is 3.48. The van der Waals surface area contributed by atoms with Crippen LogP contribution in [-0.2, 0) is 6.42 Å². The molecule has 0 aromatic heterocycles. The van der Waals surface area contributed by atoms with Crippen molar-refractivity contribution in [1.82, 2.24) is 5.32 Å². The lowest BCUT2D eigenvalue weighted by Gasteiger charge is -2.17. The molecule has 1 aromatic carbocycles. The van der Waals surface area contributed by atoms with Crippen molar-refractivity contribution in [2.75, 3.05) is 7.05 Å². The van der Waals surface area contributed by atoms with Gasteiger partial charge in [-0.15, -0.1) is 0 Å². The van der Waals surface area contributed by atoms with Crippen LogP contribution in [0.5, 0.6) is 5.75 Å². The molecule has 0 saturated heterocycles. The van der Waals surface area contributed by atoms with Crippen LogP contribution in [0.25, 0.3) is 0 Å². The van der Waals surface area contributed by atoms with E-state index < -0.39 is 0 Å². The standard InChI is InChI=1S/C15H23NO/c1-4-6-11-8-9-13-12(10-11)15(16-3)14(17-13)7-5-2/h8-10,14-16H,4-7H2,1-3H3. The highest BCUT2D eigenvalue weighted by Crippen LogP contribution is 2.38. The van der Waals surface area contributed by atoms with Gasteiger partial charge < -0.3 is 10.1 Å². The van der Waals surface area contributed by atoms with Crippen LogP contribution in [0.4, 0.5) is 0 Å². The molecule has 2 unspecified atom stereocenters. The fourth-order valence-electron chi connectivity index (χ4n) is 2.68. The zero-order valence-corrected chi connectivity index (χ0v) is 11.1. The summed E-state index contributed by atoms with van der Waals surface area (Å²) in [6.07, 6.45) is 4.93. The summed E-state index contributed by atoms with van der Waals surface area (Å²) in [5.74, 6) is 1.07. The zero-order chi connectivity index (χ0) is 12.3. The van der Waals surface area contributed by atoms with Crippen molar-refractivity contribution in [2.45, 2.75) is 51.7 Å². The molecule has 0 amide bonds. The Morgan fingerprint density at radius 3 is 2.71 bits per heavy atom. The van der Waals surface area contributed by atoms with Gasteiger partial charge in [-0.2, -0.15) is 0 Å². The number of hydrogen-bond acceptors (Lipinski definition) is 2. The number of hydrogen-bond donors (Lipinski definition) is 1. The van der Waals surface area contributed by atoms with Gasteiger partial charge in [0, 0.05) is 5.56 Å². The fraction of sp³-hybridized carbons (Fsp3) is 0.600. The second-order valence-electron chi connectivity index (χ2n) is 4.83. The van der Waals surface area contributed by atoms with E-state index in [1.54, 1.807) is 0 Å². The van der Waals surface area contributed by atoms with Gasteiger partial charge in [-0.3, -0.25) is 0 Å². The van der Waals surface area contributed by atoms with E-state index in [1.165, 1.54) is 24.0 Å². The average Bonchev–Trinajstić information content (AvgIpc) is 2.67. The Morgan fingerprint density at radius 1 is 1.24 bits per heavy atom. The van der Waals surface area contributed by atoms with Gasteiger partial charge in [0.2, 0.25) is 0 Å². The summed E-state index contributed by atoms with van der Waals surface area (Å²) in [6, 6.07) is 7.01. The Bertz CT molecular complexity index is 375. The number of benzene rings is 1. The lowest BCUT2D eigenvalue weighted by Crippen LogP contribution is -2.28. The number of fused-ring (bicyclic) bond motifs is 1. The summed E-state index contributed by atoms with van der Waals surface area (Å²) in [7, 11) is 2.03. The van der Waals surface area contributed by atoms with Crippen molar-refractivity contribution in [2.24, 2.45) is 0 Å². The van der Waals surface area contributed by atoms with Crippen LogP contribution in [0, 0.1) is 0 Å². The molecule has 0 bridgehead atoms. The Morgan fingerprint density at radius 2 is 2.06 bits per heavy atom. The van der Waals surface area contributed by atoms with Crippen molar-refractivity contribution in [3.05, 3.63) is 29.3 Å². The van der Waals surface area contributed by atoms with Crippen molar-refractivity contribution in [3.63, 3.8) is 0 Å². The molecule has 0 saturated carbocycles. The van der Waals surface area contributed by atoms with Crippen molar-refractivity contribution in [3.8, 4) is 5.75 Å². The maximum Gasteiger partial charge on any atom is 0.124 e. The van der Waals surface area contributed by atoms with E-state index >= 15 is 0 Å². The molecule has 0 aliphatic carbocycles. The Labute approximate surface area is 104 Å². The summed E-state index contributed by atoms with van der Waals surface area (Å²) >= 11 is 0. The summed E-state index contributed by atoms with van der Waals surface area (Å²) in [4.78, 5) is 0. The molecule has 1 aromatic rings. The first-order chi connectivity index (χ1) is 8.30. The summed E-state index contributed by atoms with van der Waals surface area (Å²) in [6.45, 7) is 4.43. The van der Waals surface area contributed by atoms with E-state index in [0.717, 1.165) is 18.6 Å². The molecule has 1 heterocycles. The average molecular weight is 233 g/mol. The molecule has 2 atom stereocenters. The molecule has 0 radical (unpaired) electrons. The van der Waals surface area contributed by atoms with Crippen LogP contribution >= 0.6 is 0 Å². The number of aryl methyl sites for hydroxylation is 1. The van der Waals surface area contributed by atoms with Gasteiger partial charge in [0.05, 0.1) is 6.04 Å². The van der Waals surface area contributed by atoms with Gasteiger partial charge in [-0.05, 0) is 31.5 Å². The molecule has 17 heavy (non-hydrogen) atoms. The SMILES string of the molecule is CCCc1ccc2c(c1)C(NC)C(CCC)O2. The minimum Gasteiger partial charge on any atom is -0.488 e. The van der Waals surface area contributed by atoms with E-state index in [0.29, 0.717) is 12.1 Å². The molecular formula is C15H23NO. The molecule has 2 heteroatoms. The summed E-state index contributed by atoms with van der Waals surface area (Å²) < 4.78 is 6.02. The van der Waals surface area contributed by atoms with Crippen LogP contribution in [0.2, 0.25) is 0 Å². The predicted octanol–water partition coefficient (Wildman–Crippen LogP) is 3.46. The number of likely N-dealkylation sites (N-methyl/N-ethyl adjacent to an activating group) is 1. The maximum absolute atomic E-state index is 6.02. The van der Waals surface area contributed by atoms with Crippen molar-refractivity contribution >= 4 is 0 Å². The molecule has 1 aliphatic heterocycles. The molecular weight excluding hydrogens is 210 g/mol.